The summed E-state index contributed by atoms with van der Waals surface area (Å²) in [7, 11) is -4.54. The van der Waals surface area contributed by atoms with Crippen molar-refractivity contribution in [1.82, 2.24) is 9.62 Å². The van der Waals surface area contributed by atoms with Crippen LogP contribution in [0.5, 0.6) is 0 Å². The number of hydrogen-bond acceptors (Lipinski definition) is 4. The highest BCUT2D eigenvalue weighted by Crippen LogP contribution is 2.36. The molecule has 0 spiro atoms. The highest BCUT2D eigenvalue weighted by Gasteiger charge is 2.41. The second kappa shape index (κ2) is 9.18. The summed E-state index contributed by atoms with van der Waals surface area (Å²) in [4.78, 5) is 11.0. The van der Waals surface area contributed by atoms with Crippen LogP contribution in [-0.4, -0.2) is 44.8 Å². The number of benzene rings is 1. The number of nitrogens with one attached hydrogen (secondary N) is 1. The van der Waals surface area contributed by atoms with Gasteiger partial charge in [-0.2, -0.15) is 17.5 Å². The van der Waals surface area contributed by atoms with Crippen molar-refractivity contribution < 1.29 is 30.8 Å². The third-order valence-corrected chi connectivity index (χ3v) is 5.99. The SMILES string of the molecule is Cl.NCCNC(=O)C1CCCN(S(=O)(=O)c2ccc(F)cc2C(F)(F)F)C1. The number of rotatable bonds is 5. The lowest BCUT2D eigenvalue weighted by atomic mass is 9.99. The maximum Gasteiger partial charge on any atom is 0.417 e. The molecule has 1 aliphatic rings. The van der Waals surface area contributed by atoms with Crippen molar-refractivity contribution in [2.45, 2.75) is 23.9 Å². The smallest absolute Gasteiger partial charge is 0.355 e. The van der Waals surface area contributed by atoms with E-state index in [1.165, 1.54) is 0 Å². The fourth-order valence-electron chi connectivity index (χ4n) is 2.80. The molecule has 1 unspecified atom stereocenters. The number of hydrogen-bond donors (Lipinski definition) is 2. The van der Waals surface area contributed by atoms with Crippen LogP contribution < -0.4 is 11.1 Å². The molecule has 1 heterocycles. The number of carbonyl (C=O) groups excluding carboxylic acids is 1. The Balaban J connectivity index is 0.00000364. The summed E-state index contributed by atoms with van der Waals surface area (Å²) in [5, 5.41) is 2.54. The van der Waals surface area contributed by atoms with Gasteiger partial charge in [0.25, 0.3) is 0 Å². The standard InChI is InChI=1S/C15H19F4N3O3S.ClH/c16-11-3-4-13(12(8-11)15(17,18)19)26(24,25)22-7-1-2-10(9-22)14(23)21-6-5-20;/h3-4,8,10H,1-2,5-7,9,20H2,(H,21,23);1H. The van der Waals surface area contributed by atoms with Gasteiger partial charge in [0.15, 0.2) is 0 Å². The number of carbonyl (C=O) groups is 1. The summed E-state index contributed by atoms with van der Waals surface area (Å²) in [6.07, 6.45) is -4.29. The fourth-order valence-corrected chi connectivity index (χ4v) is 4.52. The van der Waals surface area contributed by atoms with Crippen molar-refractivity contribution in [3.05, 3.63) is 29.6 Å². The second-order valence-corrected chi connectivity index (χ2v) is 7.83. The Morgan fingerprint density at radius 2 is 2.00 bits per heavy atom. The van der Waals surface area contributed by atoms with Crippen LogP contribution >= 0.6 is 12.4 Å². The summed E-state index contributed by atoms with van der Waals surface area (Å²) in [5.41, 5.74) is 3.73. The van der Waals surface area contributed by atoms with Crippen molar-refractivity contribution in [1.29, 1.82) is 0 Å². The molecule has 1 aromatic rings. The lowest BCUT2D eigenvalue weighted by molar-refractivity contribution is -0.140. The van der Waals surface area contributed by atoms with E-state index in [0.717, 1.165) is 4.31 Å². The van der Waals surface area contributed by atoms with Crippen molar-refractivity contribution in [3.63, 3.8) is 0 Å². The van der Waals surface area contributed by atoms with Crippen molar-refractivity contribution >= 4 is 28.3 Å². The molecule has 1 amide bonds. The van der Waals surface area contributed by atoms with Crippen molar-refractivity contribution in [3.8, 4) is 0 Å². The van der Waals surface area contributed by atoms with Crippen LogP contribution in [0.25, 0.3) is 0 Å². The Labute approximate surface area is 160 Å². The zero-order valence-corrected chi connectivity index (χ0v) is 15.8. The molecule has 2 rings (SSSR count). The summed E-state index contributed by atoms with van der Waals surface area (Å²) < 4.78 is 78.9. The molecular formula is C15H20ClF4N3O3S. The van der Waals surface area contributed by atoms with Gasteiger partial charge in [-0.05, 0) is 31.0 Å². The topological polar surface area (TPSA) is 92.5 Å². The number of amides is 1. The predicted octanol–water partition coefficient (Wildman–Crippen LogP) is 1.74. The number of sulfonamides is 1. The van der Waals surface area contributed by atoms with E-state index in [2.05, 4.69) is 5.32 Å². The van der Waals surface area contributed by atoms with Gasteiger partial charge in [0.05, 0.1) is 16.4 Å². The maximum atomic E-state index is 13.2. The maximum absolute atomic E-state index is 13.2. The minimum absolute atomic E-state index is 0. The zero-order chi connectivity index (χ0) is 19.5. The first-order chi connectivity index (χ1) is 12.1. The van der Waals surface area contributed by atoms with E-state index < -0.39 is 44.3 Å². The largest absolute Gasteiger partial charge is 0.417 e. The molecule has 0 aromatic heterocycles. The molecule has 154 valence electrons. The summed E-state index contributed by atoms with van der Waals surface area (Å²) in [6.45, 7) is 0.175. The quantitative estimate of drug-likeness (QED) is 0.692. The average molecular weight is 434 g/mol. The Morgan fingerprint density at radius 1 is 1.33 bits per heavy atom. The molecule has 12 heteroatoms. The molecule has 1 fully saturated rings. The second-order valence-electron chi connectivity index (χ2n) is 5.92. The van der Waals surface area contributed by atoms with Crippen LogP contribution in [0.15, 0.2) is 23.1 Å². The Hall–Kier alpha value is -1.43. The van der Waals surface area contributed by atoms with E-state index in [1.54, 1.807) is 0 Å². The number of alkyl halides is 3. The van der Waals surface area contributed by atoms with Gasteiger partial charge in [0, 0.05) is 26.2 Å². The summed E-state index contributed by atoms with van der Waals surface area (Å²) >= 11 is 0. The molecule has 1 aromatic carbocycles. The highest BCUT2D eigenvalue weighted by atomic mass is 35.5. The molecule has 1 aliphatic heterocycles. The summed E-state index contributed by atoms with van der Waals surface area (Å²) in [6, 6.07) is 1.42. The average Bonchev–Trinajstić information content (AvgIpc) is 2.58. The number of halogens is 5. The molecular weight excluding hydrogens is 414 g/mol. The van der Waals surface area contributed by atoms with Crippen molar-refractivity contribution in [2.24, 2.45) is 11.7 Å². The van der Waals surface area contributed by atoms with Gasteiger partial charge in [-0.1, -0.05) is 0 Å². The Bertz CT molecular complexity index is 774. The molecule has 6 nitrogen and oxygen atoms in total. The first kappa shape index (κ1) is 23.6. The van der Waals surface area contributed by atoms with E-state index >= 15 is 0 Å². The predicted molar refractivity (Wildman–Crippen MR) is 92.2 cm³/mol. The van der Waals surface area contributed by atoms with Gasteiger partial charge in [-0.3, -0.25) is 4.79 Å². The van der Waals surface area contributed by atoms with Crippen LogP contribution in [-0.2, 0) is 21.0 Å². The van der Waals surface area contributed by atoms with Gasteiger partial charge in [0.2, 0.25) is 15.9 Å². The van der Waals surface area contributed by atoms with Gasteiger partial charge >= 0.3 is 6.18 Å². The molecule has 0 radical (unpaired) electrons. The first-order valence-corrected chi connectivity index (χ1v) is 9.36. The van der Waals surface area contributed by atoms with E-state index in [9.17, 15) is 30.8 Å². The first-order valence-electron chi connectivity index (χ1n) is 7.92. The van der Waals surface area contributed by atoms with Gasteiger partial charge in [-0.15, -0.1) is 12.4 Å². The molecule has 27 heavy (non-hydrogen) atoms. The lowest BCUT2D eigenvalue weighted by Crippen LogP contribution is -2.46. The molecule has 0 bridgehead atoms. The highest BCUT2D eigenvalue weighted by molar-refractivity contribution is 7.89. The Kier molecular flexibility index (Phi) is 8.02. The molecule has 1 saturated heterocycles. The fraction of sp³-hybridized carbons (Fsp3) is 0.533. The van der Waals surface area contributed by atoms with Crippen LogP contribution in [0.3, 0.4) is 0 Å². The summed E-state index contributed by atoms with van der Waals surface area (Å²) in [5.74, 6) is -2.26. The van der Waals surface area contributed by atoms with Crippen molar-refractivity contribution in [2.75, 3.05) is 26.2 Å². The lowest BCUT2D eigenvalue weighted by Gasteiger charge is -2.31. The Morgan fingerprint density at radius 3 is 2.59 bits per heavy atom. The minimum Gasteiger partial charge on any atom is -0.355 e. The van der Waals surface area contributed by atoms with E-state index in [-0.39, 0.29) is 44.7 Å². The van der Waals surface area contributed by atoms with E-state index in [1.807, 2.05) is 0 Å². The number of nitrogens with two attached hydrogens (primary N) is 1. The number of nitrogens with zero attached hydrogens (tertiary/aromatic N) is 1. The van der Waals surface area contributed by atoms with Gasteiger partial charge in [0.1, 0.15) is 5.82 Å². The van der Waals surface area contributed by atoms with Crippen LogP contribution in [0.4, 0.5) is 17.6 Å². The third kappa shape index (κ3) is 5.53. The van der Waals surface area contributed by atoms with E-state index in [4.69, 9.17) is 5.73 Å². The normalized spacial score (nSPS) is 18.6. The van der Waals surface area contributed by atoms with Gasteiger partial charge in [-0.25, -0.2) is 12.8 Å². The monoisotopic (exact) mass is 433 g/mol. The molecule has 1 atom stereocenters. The molecule has 0 saturated carbocycles. The van der Waals surface area contributed by atoms with E-state index in [0.29, 0.717) is 25.0 Å². The third-order valence-electron chi connectivity index (χ3n) is 4.06. The minimum atomic E-state index is -5.03. The van der Waals surface area contributed by atoms with Crippen LogP contribution in [0, 0.1) is 11.7 Å². The van der Waals surface area contributed by atoms with Crippen LogP contribution in [0.1, 0.15) is 18.4 Å². The van der Waals surface area contributed by atoms with Crippen LogP contribution in [0.2, 0.25) is 0 Å². The molecule has 0 aliphatic carbocycles. The zero-order valence-electron chi connectivity index (χ0n) is 14.1. The number of piperidine rings is 1. The van der Waals surface area contributed by atoms with Gasteiger partial charge < -0.3 is 11.1 Å². The molecule has 3 N–H and O–H groups in total.